The molecule has 0 heterocycles. The number of benzene rings is 1. The summed E-state index contributed by atoms with van der Waals surface area (Å²) in [6.45, 7) is 5.74. The van der Waals surface area contributed by atoms with Gasteiger partial charge in [0.25, 0.3) is 0 Å². The van der Waals surface area contributed by atoms with Crippen LogP contribution in [0.15, 0.2) is 12.1 Å². The van der Waals surface area contributed by atoms with Crippen LogP contribution in [0.4, 0.5) is 10.5 Å². The van der Waals surface area contributed by atoms with Gasteiger partial charge in [0.2, 0.25) is 0 Å². The van der Waals surface area contributed by atoms with E-state index in [-0.39, 0.29) is 11.6 Å². The van der Waals surface area contributed by atoms with Gasteiger partial charge >= 0.3 is 12.0 Å². The molecule has 0 spiro atoms. The van der Waals surface area contributed by atoms with E-state index < -0.39 is 12.0 Å². The van der Waals surface area contributed by atoms with Crippen molar-refractivity contribution in [1.82, 2.24) is 5.32 Å². The van der Waals surface area contributed by atoms with Crippen molar-refractivity contribution in [2.45, 2.75) is 26.8 Å². The summed E-state index contributed by atoms with van der Waals surface area (Å²) in [6, 6.07) is 2.73. The van der Waals surface area contributed by atoms with Crippen LogP contribution in [0, 0.1) is 13.8 Å². The Bertz CT molecular complexity index is 514. The molecular formula is C14H20N2O4. The molecule has 3 N–H and O–H groups in total. The molecule has 0 aromatic heterocycles. The fourth-order valence-electron chi connectivity index (χ4n) is 1.97. The van der Waals surface area contributed by atoms with Crippen LogP contribution in [0.25, 0.3) is 0 Å². The predicted octanol–water partition coefficient (Wildman–Crippen LogP) is 2.16. The third-order valence-corrected chi connectivity index (χ3v) is 2.74. The van der Waals surface area contributed by atoms with Gasteiger partial charge in [-0.1, -0.05) is 6.07 Å². The third kappa shape index (κ3) is 4.24. The molecule has 0 aliphatic carbocycles. The highest BCUT2D eigenvalue weighted by molar-refractivity contribution is 6.01. The Balaban J connectivity index is 2.91. The lowest BCUT2D eigenvalue weighted by Gasteiger charge is -2.16. The van der Waals surface area contributed by atoms with Crippen molar-refractivity contribution >= 4 is 17.7 Å². The summed E-state index contributed by atoms with van der Waals surface area (Å²) in [6.07, 6.45) is 0. The lowest BCUT2D eigenvalue weighted by molar-refractivity contribution is 0.0698. The van der Waals surface area contributed by atoms with E-state index in [1.807, 2.05) is 13.0 Å². The Morgan fingerprint density at radius 3 is 2.55 bits per heavy atom. The number of hydrogen-bond acceptors (Lipinski definition) is 3. The van der Waals surface area contributed by atoms with E-state index in [9.17, 15) is 14.7 Å². The molecule has 1 atom stereocenters. The van der Waals surface area contributed by atoms with Crippen molar-refractivity contribution in [3.8, 4) is 0 Å². The van der Waals surface area contributed by atoms with Crippen molar-refractivity contribution in [1.29, 1.82) is 0 Å². The topological polar surface area (TPSA) is 87.7 Å². The zero-order chi connectivity index (χ0) is 15.3. The number of carboxylic acid groups (broad SMARTS) is 1. The Kier molecular flexibility index (Phi) is 5.52. The van der Waals surface area contributed by atoms with Crippen LogP contribution in [0.5, 0.6) is 0 Å². The molecule has 20 heavy (non-hydrogen) atoms. The fraction of sp³-hybridized carbons (Fsp3) is 0.429. The quantitative estimate of drug-likeness (QED) is 0.771. The van der Waals surface area contributed by atoms with Crippen molar-refractivity contribution < 1.29 is 19.4 Å². The second-order valence-corrected chi connectivity index (χ2v) is 4.76. The van der Waals surface area contributed by atoms with Crippen molar-refractivity contribution in [3.63, 3.8) is 0 Å². The molecule has 0 aliphatic rings. The van der Waals surface area contributed by atoms with E-state index in [0.29, 0.717) is 17.9 Å². The van der Waals surface area contributed by atoms with Crippen molar-refractivity contribution in [2.24, 2.45) is 0 Å². The van der Waals surface area contributed by atoms with Gasteiger partial charge in [-0.2, -0.15) is 0 Å². The van der Waals surface area contributed by atoms with Crippen LogP contribution in [0.1, 0.15) is 28.4 Å². The first-order chi connectivity index (χ1) is 9.35. The molecule has 2 amide bonds. The molecule has 110 valence electrons. The van der Waals surface area contributed by atoms with E-state index in [1.54, 1.807) is 21.0 Å². The number of carbonyl (C=O) groups is 2. The first-order valence-electron chi connectivity index (χ1n) is 6.26. The molecule has 0 fully saturated rings. The molecule has 0 aliphatic heterocycles. The van der Waals surface area contributed by atoms with Crippen LogP contribution in [-0.4, -0.2) is 36.9 Å². The highest BCUT2D eigenvalue weighted by atomic mass is 16.5. The maximum atomic E-state index is 11.8. The lowest BCUT2D eigenvalue weighted by atomic mass is 10.0. The van der Waals surface area contributed by atoms with Crippen molar-refractivity contribution in [3.05, 3.63) is 28.8 Å². The maximum absolute atomic E-state index is 11.8. The number of rotatable bonds is 5. The number of aryl methyl sites for hydroxylation is 2. The lowest BCUT2D eigenvalue weighted by Crippen LogP contribution is -2.39. The number of ether oxygens (including phenoxy) is 1. The summed E-state index contributed by atoms with van der Waals surface area (Å²) in [5.41, 5.74) is 1.93. The molecule has 6 heteroatoms. The number of nitrogens with one attached hydrogen (secondary N) is 2. The molecule has 1 aromatic rings. The van der Waals surface area contributed by atoms with Gasteiger partial charge in [-0.15, -0.1) is 0 Å². The summed E-state index contributed by atoms with van der Waals surface area (Å²) in [4.78, 5) is 23.1. The maximum Gasteiger partial charge on any atom is 0.337 e. The Morgan fingerprint density at radius 2 is 2.00 bits per heavy atom. The molecule has 0 saturated carbocycles. The molecule has 0 bridgehead atoms. The highest BCUT2D eigenvalue weighted by Crippen LogP contribution is 2.22. The minimum Gasteiger partial charge on any atom is -0.478 e. The van der Waals surface area contributed by atoms with Crippen molar-refractivity contribution in [2.75, 3.05) is 19.0 Å². The normalized spacial score (nSPS) is 11.8. The van der Waals surface area contributed by atoms with Crippen LogP contribution in [0.2, 0.25) is 0 Å². The summed E-state index contributed by atoms with van der Waals surface area (Å²) < 4.78 is 4.92. The monoisotopic (exact) mass is 280 g/mol. The summed E-state index contributed by atoms with van der Waals surface area (Å²) in [5, 5.41) is 14.5. The first kappa shape index (κ1) is 16.0. The summed E-state index contributed by atoms with van der Waals surface area (Å²) in [7, 11) is 1.54. The van der Waals surface area contributed by atoms with Crippen LogP contribution >= 0.6 is 0 Å². The van der Waals surface area contributed by atoms with E-state index in [1.165, 1.54) is 6.07 Å². The largest absolute Gasteiger partial charge is 0.478 e. The number of amides is 2. The summed E-state index contributed by atoms with van der Waals surface area (Å²) >= 11 is 0. The molecular weight excluding hydrogens is 260 g/mol. The minimum atomic E-state index is -1.07. The van der Waals surface area contributed by atoms with E-state index >= 15 is 0 Å². The first-order valence-corrected chi connectivity index (χ1v) is 6.26. The number of urea groups is 1. The van der Waals surface area contributed by atoms with Gasteiger partial charge in [0, 0.05) is 7.11 Å². The van der Waals surface area contributed by atoms with Gasteiger partial charge in [0.1, 0.15) is 0 Å². The second-order valence-electron chi connectivity index (χ2n) is 4.76. The standard InChI is InChI=1S/C14H20N2O4/c1-8-5-9(2)12(11(6-8)13(17)18)16-14(19)15-10(3)7-20-4/h5-6,10H,7H2,1-4H3,(H,17,18)(H2,15,16,19). The van der Waals surface area contributed by atoms with Gasteiger partial charge in [-0.25, -0.2) is 9.59 Å². The molecule has 1 aromatic carbocycles. The zero-order valence-electron chi connectivity index (χ0n) is 12.1. The Hall–Kier alpha value is -2.08. The van der Waals surface area contributed by atoms with E-state index in [0.717, 1.165) is 5.56 Å². The molecule has 0 saturated heterocycles. The number of carbonyl (C=O) groups excluding carboxylic acids is 1. The van der Waals surface area contributed by atoms with Gasteiger partial charge in [-0.3, -0.25) is 0 Å². The van der Waals surface area contributed by atoms with Gasteiger partial charge in [-0.05, 0) is 38.0 Å². The molecule has 1 rings (SSSR count). The molecule has 6 nitrogen and oxygen atoms in total. The number of methoxy groups -OCH3 is 1. The smallest absolute Gasteiger partial charge is 0.337 e. The SMILES string of the molecule is COCC(C)NC(=O)Nc1c(C)cc(C)cc1C(=O)O. The second kappa shape index (κ2) is 6.91. The highest BCUT2D eigenvalue weighted by Gasteiger charge is 2.16. The van der Waals surface area contributed by atoms with Gasteiger partial charge < -0.3 is 20.5 Å². The fourth-order valence-corrected chi connectivity index (χ4v) is 1.97. The summed E-state index contributed by atoms with van der Waals surface area (Å²) in [5.74, 6) is -1.07. The van der Waals surface area contributed by atoms with Crippen LogP contribution in [-0.2, 0) is 4.74 Å². The Labute approximate surface area is 118 Å². The van der Waals surface area contributed by atoms with Crippen LogP contribution < -0.4 is 10.6 Å². The molecule has 1 unspecified atom stereocenters. The average Bonchev–Trinajstić information content (AvgIpc) is 2.32. The number of anilines is 1. The molecule has 0 radical (unpaired) electrons. The average molecular weight is 280 g/mol. The number of aromatic carboxylic acids is 1. The van der Waals surface area contributed by atoms with E-state index in [4.69, 9.17) is 4.74 Å². The zero-order valence-corrected chi connectivity index (χ0v) is 12.1. The number of hydrogen-bond donors (Lipinski definition) is 3. The van der Waals surface area contributed by atoms with E-state index in [2.05, 4.69) is 10.6 Å². The van der Waals surface area contributed by atoms with Gasteiger partial charge in [0.05, 0.1) is 23.9 Å². The Morgan fingerprint density at radius 1 is 1.35 bits per heavy atom. The third-order valence-electron chi connectivity index (χ3n) is 2.74. The van der Waals surface area contributed by atoms with Crippen LogP contribution in [0.3, 0.4) is 0 Å². The number of carboxylic acids is 1. The predicted molar refractivity (Wildman–Crippen MR) is 76.4 cm³/mol. The van der Waals surface area contributed by atoms with Gasteiger partial charge in [0.15, 0.2) is 0 Å². The minimum absolute atomic E-state index is 0.0806.